The van der Waals surface area contributed by atoms with Crippen molar-refractivity contribution < 1.29 is 4.79 Å². The van der Waals surface area contributed by atoms with Crippen LogP contribution < -0.4 is 0 Å². The zero-order chi connectivity index (χ0) is 9.68. The number of aromatic nitrogens is 1. The first-order valence-electron chi connectivity index (χ1n) is 4.33. The Morgan fingerprint density at radius 3 is 2.85 bits per heavy atom. The van der Waals surface area contributed by atoms with Gasteiger partial charge in [-0.2, -0.15) is 0 Å². The molecule has 0 saturated heterocycles. The highest BCUT2D eigenvalue weighted by Crippen LogP contribution is 2.06. The van der Waals surface area contributed by atoms with E-state index >= 15 is 0 Å². The molecule has 0 fully saturated rings. The Kier molecular flexibility index (Phi) is 3.38. The number of hydrogen-bond acceptors (Lipinski definition) is 2. The quantitative estimate of drug-likeness (QED) is 0.521. The molecule has 1 atom stereocenters. The van der Waals surface area contributed by atoms with Gasteiger partial charge in [0, 0.05) is 12.1 Å². The molecule has 1 aromatic rings. The SMILES string of the molecule is C/C=C/[C@@H](C)C(=O)c1ccccn1. The van der Waals surface area contributed by atoms with Crippen LogP contribution in [0.1, 0.15) is 24.3 Å². The van der Waals surface area contributed by atoms with Gasteiger partial charge < -0.3 is 0 Å². The molecule has 0 radical (unpaired) electrons. The van der Waals surface area contributed by atoms with Gasteiger partial charge in [0.1, 0.15) is 5.69 Å². The zero-order valence-corrected chi connectivity index (χ0v) is 7.90. The minimum atomic E-state index is -0.0834. The summed E-state index contributed by atoms with van der Waals surface area (Å²) in [6.07, 6.45) is 5.39. The lowest BCUT2D eigenvalue weighted by atomic mass is 10.0. The molecule has 0 bridgehead atoms. The van der Waals surface area contributed by atoms with Crippen LogP contribution in [0.25, 0.3) is 0 Å². The van der Waals surface area contributed by atoms with Crippen LogP contribution in [-0.4, -0.2) is 10.8 Å². The average molecular weight is 175 g/mol. The molecule has 0 aliphatic rings. The summed E-state index contributed by atoms with van der Waals surface area (Å²) in [6, 6.07) is 5.36. The molecule has 68 valence electrons. The van der Waals surface area contributed by atoms with Gasteiger partial charge >= 0.3 is 0 Å². The van der Waals surface area contributed by atoms with Gasteiger partial charge in [0.05, 0.1) is 0 Å². The van der Waals surface area contributed by atoms with Gasteiger partial charge in [-0.3, -0.25) is 9.78 Å². The predicted octanol–water partition coefficient (Wildman–Crippen LogP) is 2.48. The Morgan fingerprint density at radius 2 is 2.31 bits per heavy atom. The first-order chi connectivity index (χ1) is 6.25. The third kappa shape index (κ3) is 2.51. The van der Waals surface area contributed by atoms with Crippen molar-refractivity contribution in [3.05, 3.63) is 42.2 Å². The number of rotatable bonds is 3. The molecule has 2 nitrogen and oxygen atoms in total. The van der Waals surface area contributed by atoms with Crippen LogP contribution in [0.2, 0.25) is 0 Å². The zero-order valence-electron chi connectivity index (χ0n) is 7.90. The molecular weight excluding hydrogens is 162 g/mol. The number of Topliss-reactive ketones (excluding diaryl/α,β-unsaturated/α-hetero) is 1. The number of pyridine rings is 1. The molecule has 0 aromatic carbocycles. The fraction of sp³-hybridized carbons (Fsp3) is 0.273. The number of hydrogen-bond donors (Lipinski definition) is 0. The van der Waals surface area contributed by atoms with Gasteiger partial charge in [0.25, 0.3) is 0 Å². The van der Waals surface area contributed by atoms with Gasteiger partial charge in [-0.1, -0.05) is 25.1 Å². The minimum absolute atomic E-state index is 0.0682. The topological polar surface area (TPSA) is 30.0 Å². The maximum absolute atomic E-state index is 11.6. The molecule has 1 rings (SSSR count). The molecule has 2 heteroatoms. The monoisotopic (exact) mass is 175 g/mol. The normalized spacial score (nSPS) is 13.1. The van der Waals surface area contributed by atoms with E-state index in [1.165, 1.54) is 0 Å². The molecule has 0 amide bonds. The number of carbonyl (C=O) groups excluding carboxylic acids is 1. The Balaban J connectivity index is 2.80. The first-order valence-corrected chi connectivity index (χ1v) is 4.33. The fourth-order valence-electron chi connectivity index (χ4n) is 1.12. The second-order valence-corrected chi connectivity index (χ2v) is 2.89. The van der Waals surface area contributed by atoms with E-state index < -0.39 is 0 Å². The van der Waals surface area contributed by atoms with Crippen molar-refractivity contribution in [2.45, 2.75) is 13.8 Å². The van der Waals surface area contributed by atoms with Gasteiger partial charge in [-0.25, -0.2) is 0 Å². The minimum Gasteiger partial charge on any atom is -0.292 e. The molecule has 0 aliphatic heterocycles. The molecule has 1 aromatic heterocycles. The first kappa shape index (κ1) is 9.65. The lowest BCUT2D eigenvalue weighted by Gasteiger charge is -2.03. The highest BCUT2D eigenvalue weighted by atomic mass is 16.1. The molecule has 0 N–H and O–H groups in total. The standard InChI is InChI=1S/C11H13NO/c1-3-6-9(2)11(13)10-7-4-5-8-12-10/h3-9H,1-2H3/b6-3+/t9-/m1/s1. The van der Waals surface area contributed by atoms with E-state index in [0.29, 0.717) is 5.69 Å². The number of allylic oxidation sites excluding steroid dienone is 2. The van der Waals surface area contributed by atoms with Gasteiger partial charge in [-0.15, -0.1) is 0 Å². The lowest BCUT2D eigenvalue weighted by Crippen LogP contribution is -2.10. The van der Waals surface area contributed by atoms with E-state index in [1.807, 2.05) is 32.1 Å². The maximum Gasteiger partial charge on any atom is 0.187 e. The summed E-state index contributed by atoms with van der Waals surface area (Å²) in [5.41, 5.74) is 0.535. The summed E-state index contributed by atoms with van der Waals surface area (Å²) in [5, 5.41) is 0. The molecule has 0 spiro atoms. The summed E-state index contributed by atoms with van der Waals surface area (Å²) in [4.78, 5) is 15.6. The molecule has 0 unspecified atom stereocenters. The van der Waals surface area contributed by atoms with Crippen molar-refractivity contribution in [2.75, 3.05) is 0 Å². The third-order valence-electron chi connectivity index (χ3n) is 1.81. The third-order valence-corrected chi connectivity index (χ3v) is 1.81. The smallest absolute Gasteiger partial charge is 0.187 e. The summed E-state index contributed by atoms with van der Waals surface area (Å²) in [6.45, 7) is 3.78. The molecule has 13 heavy (non-hydrogen) atoms. The number of nitrogens with zero attached hydrogens (tertiary/aromatic N) is 1. The highest BCUT2D eigenvalue weighted by Gasteiger charge is 2.12. The molecule has 0 aliphatic carbocycles. The van der Waals surface area contributed by atoms with E-state index in [9.17, 15) is 4.79 Å². The Bertz CT molecular complexity index is 303. The predicted molar refractivity (Wildman–Crippen MR) is 52.5 cm³/mol. The Morgan fingerprint density at radius 1 is 1.54 bits per heavy atom. The Labute approximate surface area is 78.3 Å². The van der Waals surface area contributed by atoms with Gasteiger partial charge in [0.2, 0.25) is 0 Å². The lowest BCUT2D eigenvalue weighted by molar-refractivity contribution is 0.0948. The summed E-state index contributed by atoms with van der Waals surface area (Å²) >= 11 is 0. The van der Waals surface area contributed by atoms with Crippen LogP contribution in [0.15, 0.2) is 36.5 Å². The van der Waals surface area contributed by atoms with Crippen LogP contribution in [0.5, 0.6) is 0 Å². The summed E-state index contributed by atoms with van der Waals surface area (Å²) < 4.78 is 0. The van der Waals surface area contributed by atoms with Crippen molar-refractivity contribution in [2.24, 2.45) is 5.92 Å². The largest absolute Gasteiger partial charge is 0.292 e. The van der Waals surface area contributed by atoms with E-state index in [0.717, 1.165) is 0 Å². The second-order valence-electron chi connectivity index (χ2n) is 2.89. The van der Waals surface area contributed by atoms with E-state index in [-0.39, 0.29) is 11.7 Å². The Hall–Kier alpha value is -1.44. The summed E-state index contributed by atoms with van der Waals surface area (Å²) in [7, 11) is 0. The summed E-state index contributed by atoms with van der Waals surface area (Å²) in [5.74, 6) is -0.0152. The van der Waals surface area contributed by atoms with Crippen LogP contribution in [-0.2, 0) is 0 Å². The number of carbonyl (C=O) groups is 1. The van der Waals surface area contributed by atoms with Crippen LogP contribution in [0.3, 0.4) is 0 Å². The second kappa shape index (κ2) is 4.55. The van der Waals surface area contributed by atoms with Crippen LogP contribution in [0.4, 0.5) is 0 Å². The highest BCUT2D eigenvalue weighted by molar-refractivity contribution is 5.96. The van der Waals surface area contributed by atoms with E-state index in [2.05, 4.69) is 4.98 Å². The van der Waals surface area contributed by atoms with Crippen molar-refractivity contribution in [3.63, 3.8) is 0 Å². The molecule has 0 saturated carbocycles. The maximum atomic E-state index is 11.6. The molecule has 1 heterocycles. The van der Waals surface area contributed by atoms with Crippen molar-refractivity contribution >= 4 is 5.78 Å². The van der Waals surface area contributed by atoms with E-state index in [4.69, 9.17) is 0 Å². The van der Waals surface area contributed by atoms with Gasteiger partial charge in [0.15, 0.2) is 5.78 Å². The molecular formula is C11H13NO. The van der Waals surface area contributed by atoms with Crippen LogP contribution >= 0.6 is 0 Å². The van der Waals surface area contributed by atoms with Gasteiger partial charge in [-0.05, 0) is 19.1 Å². The van der Waals surface area contributed by atoms with Crippen molar-refractivity contribution in [1.82, 2.24) is 4.98 Å². The van der Waals surface area contributed by atoms with Crippen molar-refractivity contribution in [1.29, 1.82) is 0 Å². The fourth-order valence-corrected chi connectivity index (χ4v) is 1.12. The van der Waals surface area contributed by atoms with Crippen LogP contribution in [0, 0.1) is 5.92 Å². The number of ketones is 1. The van der Waals surface area contributed by atoms with E-state index in [1.54, 1.807) is 18.3 Å². The average Bonchev–Trinajstić information content (AvgIpc) is 2.18. The van der Waals surface area contributed by atoms with Crippen molar-refractivity contribution in [3.8, 4) is 0 Å².